The zero-order valence-electron chi connectivity index (χ0n) is 51.8. The maximum absolute atomic E-state index is 13.7. The molecule has 0 radical (unpaired) electrons. The molecule has 0 bridgehead atoms. The van der Waals surface area contributed by atoms with Crippen LogP contribution in [0.4, 0.5) is 39.5 Å². The molecule has 3 atom stereocenters. The molecule has 0 aliphatic heterocycles. The molecule has 3 heterocycles. The highest BCUT2D eigenvalue weighted by Gasteiger charge is 2.38. The number of hydrogen-bond donors (Lipinski definition) is 6. The topological polar surface area (TPSA) is 271 Å². The van der Waals surface area contributed by atoms with Crippen LogP contribution in [0, 0.1) is 0 Å². The van der Waals surface area contributed by atoms with Gasteiger partial charge < -0.3 is 60.9 Å². The predicted octanol–water partition coefficient (Wildman–Crippen LogP) is 13.1. The average Bonchev–Trinajstić information content (AvgIpc) is 1.47. The number of ether oxygens (including phenoxy) is 6. The number of aliphatic hydroxyl groups is 3. The summed E-state index contributed by atoms with van der Waals surface area (Å²) in [6.07, 6.45) is -6.93. The first-order valence-corrected chi connectivity index (χ1v) is 32.0. The van der Waals surface area contributed by atoms with Gasteiger partial charge in [0.05, 0.1) is 79.6 Å². The summed E-state index contributed by atoms with van der Waals surface area (Å²) in [5.41, 5.74) is 13.7. The summed E-state index contributed by atoms with van der Waals surface area (Å²) in [5, 5.41) is 53.4. The summed E-state index contributed by atoms with van der Waals surface area (Å²) in [6.45, 7) is 11.7. The van der Waals surface area contributed by atoms with Crippen LogP contribution < -0.4 is 31.4 Å². The van der Waals surface area contributed by atoms with E-state index < -0.39 is 51.8 Å². The third kappa shape index (κ3) is 24.4. The summed E-state index contributed by atoms with van der Waals surface area (Å²) >= 11 is 3.14. The van der Waals surface area contributed by atoms with Crippen LogP contribution in [0.3, 0.4) is 0 Å². The minimum absolute atomic E-state index is 0.173. The number of hydrogen-bond acceptors (Lipinski definition) is 21. The van der Waals surface area contributed by atoms with Crippen LogP contribution in [-0.4, -0.2) is 119 Å². The largest absolute Gasteiger partial charge is 0.493 e. The molecule has 3 aromatic heterocycles. The second-order valence-electron chi connectivity index (χ2n) is 21.7. The first-order chi connectivity index (χ1) is 43.6. The van der Waals surface area contributed by atoms with E-state index in [1.807, 2.05) is 44.2 Å². The van der Waals surface area contributed by atoms with E-state index >= 15 is 0 Å². The third-order valence-electron chi connectivity index (χ3n) is 13.4. The van der Waals surface area contributed by atoms with E-state index in [0.717, 1.165) is 96.3 Å². The molecule has 0 amide bonds. The standard InChI is InChI=1S/C24H28F3N3O3S.2C19H26F3N3O3S/c1-23(28,16-31)22-30-29-21(34-22)18-10-11-20(19(14-18)24(25,26)27)33-13-7-3-6-12-32-15-17-8-4-2-5-9-17;2*1-3-27-9-5-4-6-10-28-15-8-7-13(11-14(15)19(20,21)22)16-24-25-17(29-16)18(2,23)12-26/h2,4-5,8-11,14,31H,3,6-7,12-13,15-16,28H2,1H3;2*7-8,11,26H,3-6,9-10,12,23H2,1-2H3/t23-;2*18-/m000/s1. The molecule has 0 spiro atoms. The Morgan fingerprint density at radius 1 is 0.391 bits per heavy atom. The lowest BCUT2D eigenvalue weighted by Crippen LogP contribution is -2.36. The summed E-state index contributed by atoms with van der Waals surface area (Å²) < 4.78 is 154. The van der Waals surface area contributed by atoms with Gasteiger partial charge in [-0.15, -0.1) is 30.6 Å². The number of rotatable bonds is 34. The Labute approximate surface area is 540 Å². The molecule has 18 nitrogen and oxygen atoms in total. The molecule has 92 heavy (non-hydrogen) atoms. The van der Waals surface area contributed by atoms with Crippen LogP contribution in [0.1, 0.15) is 130 Å². The lowest BCUT2D eigenvalue weighted by atomic mass is 10.1. The summed E-state index contributed by atoms with van der Waals surface area (Å²) in [5.74, 6) is -0.648. The van der Waals surface area contributed by atoms with Crippen molar-refractivity contribution >= 4 is 34.0 Å². The van der Waals surface area contributed by atoms with Gasteiger partial charge in [0.2, 0.25) is 0 Å². The quantitative estimate of drug-likeness (QED) is 0.0162. The number of benzene rings is 4. The smallest absolute Gasteiger partial charge is 0.419 e. The first kappa shape index (κ1) is 76.7. The molecule has 508 valence electrons. The second-order valence-corrected chi connectivity index (χ2v) is 24.7. The van der Waals surface area contributed by atoms with E-state index in [9.17, 15) is 54.8 Å². The van der Waals surface area contributed by atoms with Gasteiger partial charge in [0.1, 0.15) is 47.3 Å². The number of unbranched alkanes of at least 4 members (excludes halogenated alkanes) is 6. The zero-order valence-corrected chi connectivity index (χ0v) is 54.2. The highest BCUT2D eigenvalue weighted by molar-refractivity contribution is 7.15. The van der Waals surface area contributed by atoms with E-state index in [4.69, 9.17) is 45.6 Å². The Morgan fingerprint density at radius 3 is 0.967 bits per heavy atom. The van der Waals surface area contributed by atoms with Gasteiger partial charge in [0.25, 0.3) is 0 Å². The fourth-order valence-electron chi connectivity index (χ4n) is 7.99. The SMILES string of the molecule is CCOCCCCCOc1ccc(-c2nnc([C@@](C)(N)CO)s2)cc1C(F)(F)F.CCOCCCCCOc1ccc(-c2nnc([C@@](C)(N)CO)s2)cc1C(F)(F)F.C[C@](N)(CO)c1nnc(-c2ccc(OCCCCCOCc3ccccc3)c(C(F)(F)F)c2)s1. The maximum Gasteiger partial charge on any atom is 0.419 e. The number of aliphatic hydroxyl groups excluding tert-OH is 3. The minimum Gasteiger partial charge on any atom is -0.493 e. The average molecular weight is 1360 g/mol. The van der Waals surface area contributed by atoms with Gasteiger partial charge in [0, 0.05) is 49.7 Å². The van der Waals surface area contributed by atoms with Crippen LogP contribution in [0.25, 0.3) is 31.7 Å². The monoisotopic (exact) mass is 1360 g/mol. The van der Waals surface area contributed by atoms with Gasteiger partial charge in [-0.25, -0.2) is 0 Å². The molecule has 9 N–H and O–H groups in total. The Bertz CT molecular complexity index is 3150. The lowest BCUT2D eigenvalue weighted by Gasteiger charge is -2.17. The van der Waals surface area contributed by atoms with Crippen LogP contribution in [0.2, 0.25) is 0 Å². The summed E-state index contributed by atoms with van der Waals surface area (Å²) in [4.78, 5) is 0. The van der Waals surface area contributed by atoms with E-state index in [2.05, 4.69) is 30.6 Å². The Hall–Kier alpha value is -6.03. The predicted molar refractivity (Wildman–Crippen MR) is 334 cm³/mol. The molecule has 0 fully saturated rings. The van der Waals surface area contributed by atoms with Gasteiger partial charge in [-0.05, 0) is 153 Å². The van der Waals surface area contributed by atoms with E-state index in [-0.39, 0.29) is 88.6 Å². The van der Waals surface area contributed by atoms with Crippen molar-refractivity contribution in [1.29, 1.82) is 0 Å². The summed E-state index contributed by atoms with van der Waals surface area (Å²) in [6, 6.07) is 21.3. The molecule has 0 unspecified atom stereocenters. The minimum atomic E-state index is -4.59. The highest BCUT2D eigenvalue weighted by Crippen LogP contribution is 2.43. The van der Waals surface area contributed by atoms with Gasteiger partial charge in [-0.2, -0.15) is 39.5 Å². The molecule has 30 heteroatoms. The van der Waals surface area contributed by atoms with Crippen molar-refractivity contribution in [3.8, 4) is 49.0 Å². The first-order valence-electron chi connectivity index (χ1n) is 29.6. The molecule has 7 rings (SSSR count). The number of halogens is 9. The molecule has 4 aromatic carbocycles. The number of nitrogens with two attached hydrogens (primary N) is 3. The number of alkyl halides is 9. The van der Waals surface area contributed by atoms with Crippen molar-refractivity contribution in [2.75, 3.05) is 72.7 Å². The molecule has 0 aliphatic rings. The highest BCUT2D eigenvalue weighted by atomic mass is 32.1. The summed E-state index contributed by atoms with van der Waals surface area (Å²) in [7, 11) is 0. The third-order valence-corrected chi connectivity index (χ3v) is 17.2. The van der Waals surface area contributed by atoms with E-state index in [1.54, 1.807) is 20.8 Å². The Balaban J connectivity index is 0.000000252. The van der Waals surface area contributed by atoms with Crippen molar-refractivity contribution in [2.45, 2.75) is 134 Å². The van der Waals surface area contributed by atoms with Gasteiger partial charge >= 0.3 is 18.5 Å². The number of aromatic nitrogens is 6. The lowest BCUT2D eigenvalue weighted by molar-refractivity contribution is -0.139. The second kappa shape index (κ2) is 36.6. The van der Waals surface area contributed by atoms with Crippen LogP contribution in [0.5, 0.6) is 17.2 Å². The maximum atomic E-state index is 13.7. The normalized spacial score (nSPS) is 13.9. The molecule has 0 saturated heterocycles. The van der Waals surface area contributed by atoms with Crippen molar-refractivity contribution in [3.63, 3.8) is 0 Å². The van der Waals surface area contributed by atoms with Crippen molar-refractivity contribution in [3.05, 3.63) is 122 Å². The molecule has 0 saturated carbocycles. The van der Waals surface area contributed by atoms with Gasteiger partial charge in [-0.1, -0.05) is 64.3 Å². The fraction of sp³-hybridized carbons (Fsp3) is 0.516. The zero-order chi connectivity index (χ0) is 67.6. The van der Waals surface area contributed by atoms with Gasteiger partial charge in [0.15, 0.2) is 0 Å². The van der Waals surface area contributed by atoms with Gasteiger partial charge in [-0.3, -0.25) is 0 Å². The van der Waals surface area contributed by atoms with Crippen molar-refractivity contribution in [2.24, 2.45) is 17.2 Å². The molecule has 7 aromatic rings. The van der Waals surface area contributed by atoms with E-state index in [0.29, 0.717) is 73.9 Å². The van der Waals surface area contributed by atoms with Crippen LogP contribution >= 0.6 is 34.0 Å². The van der Waals surface area contributed by atoms with E-state index in [1.165, 1.54) is 36.4 Å². The number of nitrogens with zero attached hydrogens (tertiary/aromatic N) is 6. The molecular weight excluding hydrogens is 1280 g/mol. The van der Waals surface area contributed by atoms with Crippen molar-refractivity contribution < 1.29 is 83.3 Å². The molecule has 0 aliphatic carbocycles. The Morgan fingerprint density at radius 2 is 0.685 bits per heavy atom. The van der Waals surface area contributed by atoms with Crippen molar-refractivity contribution in [1.82, 2.24) is 30.6 Å². The van der Waals surface area contributed by atoms with Crippen LogP contribution in [-0.2, 0) is 56.0 Å². The van der Waals surface area contributed by atoms with Crippen LogP contribution in [0.15, 0.2) is 84.9 Å². The fourth-order valence-corrected chi connectivity index (χ4v) is 10.7. The molecular formula is C62H80F9N9O9S3. The Kier molecular flexibility index (Phi) is 30.5.